The largest absolute Gasteiger partial charge is 0.481 e. The topological polar surface area (TPSA) is 40.5 Å². The van der Waals surface area contributed by atoms with Gasteiger partial charge in [-0.05, 0) is 63.4 Å². The van der Waals surface area contributed by atoms with Gasteiger partial charge >= 0.3 is 5.97 Å². The molecule has 1 aromatic rings. The molecule has 0 unspecified atom stereocenters. The summed E-state index contributed by atoms with van der Waals surface area (Å²) in [6.07, 6.45) is 2.22. The van der Waals surface area contributed by atoms with Crippen LogP contribution in [-0.4, -0.2) is 35.6 Å². The van der Waals surface area contributed by atoms with Crippen molar-refractivity contribution in [1.29, 1.82) is 0 Å². The van der Waals surface area contributed by atoms with Crippen LogP contribution in [0, 0.1) is 5.41 Å². The van der Waals surface area contributed by atoms with Gasteiger partial charge < -0.3 is 10.0 Å². The maximum atomic E-state index is 11.2. The standard InChI is InChI=1S/C16H22BrNO2/c1-16(2,15(19)20)11-18-9-7-13(8-10-18)12-3-5-14(17)6-4-12/h3-6,13H,7-11H2,1-2H3,(H,19,20). The number of hydrogen-bond donors (Lipinski definition) is 1. The van der Waals surface area contributed by atoms with Crippen molar-refractivity contribution < 1.29 is 9.90 Å². The van der Waals surface area contributed by atoms with E-state index < -0.39 is 11.4 Å². The molecule has 0 atom stereocenters. The Morgan fingerprint density at radius 1 is 1.30 bits per heavy atom. The van der Waals surface area contributed by atoms with Gasteiger partial charge in [0.05, 0.1) is 5.41 Å². The van der Waals surface area contributed by atoms with Gasteiger partial charge in [0.15, 0.2) is 0 Å². The molecule has 2 rings (SSSR count). The molecular formula is C16H22BrNO2. The van der Waals surface area contributed by atoms with E-state index in [1.54, 1.807) is 13.8 Å². The highest BCUT2D eigenvalue weighted by Gasteiger charge is 2.31. The molecular weight excluding hydrogens is 318 g/mol. The van der Waals surface area contributed by atoms with Gasteiger partial charge in [-0.25, -0.2) is 0 Å². The van der Waals surface area contributed by atoms with E-state index in [0.717, 1.165) is 30.4 Å². The highest BCUT2D eigenvalue weighted by molar-refractivity contribution is 9.10. The lowest BCUT2D eigenvalue weighted by molar-refractivity contribution is -0.148. The number of aliphatic carboxylic acids is 1. The summed E-state index contributed by atoms with van der Waals surface area (Å²) in [6.45, 7) is 6.20. The van der Waals surface area contributed by atoms with Gasteiger partial charge in [-0.2, -0.15) is 0 Å². The molecule has 0 aliphatic carbocycles. The molecule has 1 N–H and O–H groups in total. The Hall–Kier alpha value is -0.870. The summed E-state index contributed by atoms with van der Waals surface area (Å²) in [7, 11) is 0. The number of nitrogens with zero attached hydrogens (tertiary/aromatic N) is 1. The van der Waals surface area contributed by atoms with E-state index >= 15 is 0 Å². The molecule has 0 saturated carbocycles. The number of piperidine rings is 1. The van der Waals surface area contributed by atoms with E-state index in [2.05, 4.69) is 45.1 Å². The van der Waals surface area contributed by atoms with Gasteiger partial charge in [0.25, 0.3) is 0 Å². The number of likely N-dealkylation sites (tertiary alicyclic amines) is 1. The van der Waals surface area contributed by atoms with Crippen LogP contribution in [0.15, 0.2) is 28.7 Å². The molecule has 4 heteroatoms. The van der Waals surface area contributed by atoms with E-state index in [4.69, 9.17) is 0 Å². The second-order valence-electron chi connectivity index (χ2n) is 6.29. The highest BCUT2D eigenvalue weighted by Crippen LogP contribution is 2.30. The Bertz CT molecular complexity index is 462. The minimum Gasteiger partial charge on any atom is -0.481 e. The number of hydrogen-bond acceptors (Lipinski definition) is 2. The third-order valence-corrected chi connectivity index (χ3v) is 4.66. The van der Waals surface area contributed by atoms with Crippen molar-refractivity contribution in [2.24, 2.45) is 5.41 Å². The first kappa shape index (κ1) is 15.5. The van der Waals surface area contributed by atoms with Crippen molar-refractivity contribution in [2.75, 3.05) is 19.6 Å². The molecule has 0 amide bonds. The SMILES string of the molecule is CC(C)(CN1CCC(c2ccc(Br)cc2)CC1)C(=O)O. The molecule has 110 valence electrons. The van der Waals surface area contributed by atoms with E-state index in [1.807, 2.05) is 0 Å². The van der Waals surface area contributed by atoms with Crippen LogP contribution < -0.4 is 0 Å². The molecule has 1 aliphatic heterocycles. The molecule has 1 fully saturated rings. The van der Waals surface area contributed by atoms with Crippen LogP contribution in [0.3, 0.4) is 0 Å². The molecule has 1 saturated heterocycles. The Morgan fingerprint density at radius 2 is 1.85 bits per heavy atom. The summed E-state index contributed by atoms with van der Waals surface area (Å²) in [5.74, 6) is -0.111. The number of halogens is 1. The van der Waals surface area contributed by atoms with Crippen LogP contribution >= 0.6 is 15.9 Å². The quantitative estimate of drug-likeness (QED) is 0.908. The van der Waals surface area contributed by atoms with Crippen molar-refractivity contribution in [2.45, 2.75) is 32.6 Å². The van der Waals surface area contributed by atoms with Crippen molar-refractivity contribution in [3.8, 4) is 0 Å². The van der Waals surface area contributed by atoms with Gasteiger partial charge in [-0.3, -0.25) is 4.79 Å². The van der Waals surface area contributed by atoms with Gasteiger partial charge in [0, 0.05) is 11.0 Å². The molecule has 0 radical (unpaired) electrons. The van der Waals surface area contributed by atoms with E-state index in [-0.39, 0.29) is 0 Å². The molecule has 1 aromatic carbocycles. The second-order valence-corrected chi connectivity index (χ2v) is 7.21. The molecule has 20 heavy (non-hydrogen) atoms. The fraction of sp³-hybridized carbons (Fsp3) is 0.562. The maximum absolute atomic E-state index is 11.2. The van der Waals surface area contributed by atoms with Crippen LogP contribution in [0.4, 0.5) is 0 Å². The van der Waals surface area contributed by atoms with Crippen LogP contribution in [0.1, 0.15) is 38.2 Å². The fourth-order valence-corrected chi connectivity index (χ4v) is 3.05. The van der Waals surface area contributed by atoms with Crippen LogP contribution in [0.25, 0.3) is 0 Å². The third-order valence-electron chi connectivity index (χ3n) is 4.13. The van der Waals surface area contributed by atoms with E-state index in [9.17, 15) is 9.90 Å². The van der Waals surface area contributed by atoms with Gasteiger partial charge in [-0.15, -0.1) is 0 Å². The molecule has 3 nitrogen and oxygen atoms in total. The first-order valence-corrected chi connectivity index (χ1v) is 7.89. The first-order valence-electron chi connectivity index (χ1n) is 7.10. The third kappa shape index (κ3) is 3.83. The lowest BCUT2D eigenvalue weighted by Crippen LogP contribution is -2.42. The van der Waals surface area contributed by atoms with E-state index in [0.29, 0.717) is 12.5 Å². The van der Waals surface area contributed by atoms with Crippen LogP contribution in [0.5, 0.6) is 0 Å². The molecule has 0 aromatic heterocycles. The monoisotopic (exact) mass is 339 g/mol. The molecule has 1 heterocycles. The zero-order chi connectivity index (χ0) is 14.8. The summed E-state index contributed by atoms with van der Waals surface area (Å²) in [5, 5.41) is 9.20. The summed E-state index contributed by atoms with van der Waals surface area (Å²) >= 11 is 3.46. The summed E-state index contributed by atoms with van der Waals surface area (Å²) < 4.78 is 1.11. The lowest BCUT2D eigenvalue weighted by Gasteiger charge is -2.35. The molecule has 0 spiro atoms. The second kappa shape index (κ2) is 6.27. The number of carbonyl (C=O) groups is 1. The Labute approximate surface area is 129 Å². The smallest absolute Gasteiger partial charge is 0.310 e. The van der Waals surface area contributed by atoms with Crippen molar-refractivity contribution >= 4 is 21.9 Å². The van der Waals surface area contributed by atoms with Crippen LogP contribution in [0.2, 0.25) is 0 Å². The normalized spacial score (nSPS) is 18.1. The van der Waals surface area contributed by atoms with Gasteiger partial charge in [0.2, 0.25) is 0 Å². The minimum atomic E-state index is -0.715. The maximum Gasteiger partial charge on any atom is 0.310 e. The van der Waals surface area contributed by atoms with Crippen LogP contribution in [-0.2, 0) is 4.79 Å². The Balaban J connectivity index is 1.89. The summed E-state index contributed by atoms with van der Waals surface area (Å²) in [6, 6.07) is 8.56. The van der Waals surface area contributed by atoms with Gasteiger partial charge in [0.1, 0.15) is 0 Å². The Kier molecular flexibility index (Phi) is 4.86. The van der Waals surface area contributed by atoms with Crippen molar-refractivity contribution in [3.63, 3.8) is 0 Å². The van der Waals surface area contributed by atoms with Gasteiger partial charge in [-0.1, -0.05) is 28.1 Å². The lowest BCUT2D eigenvalue weighted by atomic mass is 9.87. The van der Waals surface area contributed by atoms with Crippen molar-refractivity contribution in [3.05, 3.63) is 34.3 Å². The van der Waals surface area contributed by atoms with Crippen molar-refractivity contribution in [1.82, 2.24) is 4.90 Å². The number of rotatable bonds is 4. The first-order chi connectivity index (χ1) is 9.38. The molecule has 1 aliphatic rings. The molecule has 0 bridgehead atoms. The zero-order valence-electron chi connectivity index (χ0n) is 12.1. The predicted molar refractivity (Wildman–Crippen MR) is 84.0 cm³/mol. The average molecular weight is 340 g/mol. The van der Waals surface area contributed by atoms with E-state index in [1.165, 1.54) is 5.56 Å². The Morgan fingerprint density at radius 3 is 2.35 bits per heavy atom. The average Bonchev–Trinajstić information content (AvgIpc) is 2.40. The predicted octanol–water partition coefficient (Wildman–Crippen LogP) is 3.74. The summed E-state index contributed by atoms with van der Waals surface area (Å²) in [4.78, 5) is 13.5. The summed E-state index contributed by atoms with van der Waals surface area (Å²) in [5.41, 5.74) is 0.732. The number of benzene rings is 1. The fourth-order valence-electron chi connectivity index (χ4n) is 2.79. The zero-order valence-corrected chi connectivity index (χ0v) is 13.7. The highest BCUT2D eigenvalue weighted by atomic mass is 79.9. The number of carboxylic acid groups (broad SMARTS) is 1. The number of carboxylic acids is 1. The minimum absolute atomic E-state index is 0.604.